The molecule has 1 heterocycles. The van der Waals surface area contributed by atoms with Crippen molar-refractivity contribution in [1.29, 1.82) is 0 Å². The molecule has 0 amide bonds. The second kappa shape index (κ2) is 3.60. The average molecular weight is 183 g/mol. The van der Waals surface area contributed by atoms with Crippen LogP contribution >= 0.6 is 0 Å². The van der Waals surface area contributed by atoms with E-state index in [1.54, 1.807) is 6.92 Å². The quantitative estimate of drug-likeness (QED) is 0.776. The predicted octanol–water partition coefficient (Wildman–Crippen LogP) is 1.81. The SMILES string of the molecule is Cc1cnoc1C(C(=O)O)C(C)C. The lowest BCUT2D eigenvalue weighted by atomic mass is 9.92. The summed E-state index contributed by atoms with van der Waals surface area (Å²) >= 11 is 0. The maximum atomic E-state index is 10.9. The van der Waals surface area contributed by atoms with E-state index in [0.717, 1.165) is 5.56 Å². The third-order valence-corrected chi connectivity index (χ3v) is 2.00. The largest absolute Gasteiger partial charge is 0.481 e. The van der Waals surface area contributed by atoms with Crippen LogP contribution in [0.2, 0.25) is 0 Å². The van der Waals surface area contributed by atoms with Gasteiger partial charge < -0.3 is 9.63 Å². The summed E-state index contributed by atoms with van der Waals surface area (Å²) in [6.45, 7) is 5.49. The van der Waals surface area contributed by atoms with Crippen LogP contribution in [0.4, 0.5) is 0 Å². The van der Waals surface area contributed by atoms with Gasteiger partial charge >= 0.3 is 5.97 Å². The molecule has 0 fully saturated rings. The van der Waals surface area contributed by atoms with Gasteiger partial charge in [0.15, 0.2) is 5.76 Å². The Morgan fingerprint density at radius 1 is 1.62 bits per heavy atom. The van der Waals surface area contributed by atoms with Crippen LogP contribution in [0.15, 0.2) is 10.7 Å². The van der Waals surface area contributed by atoms with Crippen LogP contribution in [0.25, 0.3) is 0 Å². The van der Waals surface area contributed by atoms with Gasteiger partial charge in [-0.15, -0.1) is 0 Å². The van der Waals surface area contributed by atoms with Gasteiger partial charge in [-0.3, -0.25) is 4.79 Å². The summed E-state index contributed by atoms with van der Waals surface area (Å²) in [5, 5.41) is 12.5. The second-order valence-electron chi connectivity index (χ2n) is 3.43. The Morgan fingerprint density at radius 2 is 2.23 bits per heavy atom. The summed E-state index contributed by atoms with van der Waals surface area (Å²) in [6, 6.07) is 0. The van der Waals surface area contributed by atoms with E-state index < -0.39 is 11.9 Å². The van der Waals surface area contributed by atoms with Crippen molar-refractivity contribution >= 4 is 5.97 Å². The molecule has 0 aromatic carbocycles. The molecule has 4 nitrogen and oxygen atoms in total. The number of carboxylic acids is 1. The zero-order valence-corrected chi connectivity index (χ0v) is 7.94. The first-order valence-electron chi connectivity index (χ1n) is 4.18. The van der Waals surface area contributed by atoms with E-state index in [1.807, 2.05) is 13.8 Å². The Morgan fingerprint density at radius 3 is 2.54 bits per heavy atom. The number of aryl methyl sites for hydroxylation is 1. The van der Waals surface area contributed by atoms with E-state index in [2.05, 4.69) is 5.16 Å². The summed E-state index contributed by atoms with van der Waals surface area (Å²) in [6.07, 6.45) is 1.54. The zero-order chi connectivity index (χ0) is 10.0. The molecule has 0 spiro atoms. The smallest absolute Gasteiger partial charge is 0.314 e. The molecule has 0 saturated heterocycles. The summed E-state index contributed by atoms with van der Waals surface area (Å²) in [7, 11) is 0. The van der Waals surface area contributed by atoms with Gasteiger partial charge in [-0.25, -0.2) is 0 Å². The van der Waals surface area contributed by atoms with Gasteiger partial charge in [-0.2, -0.15) is 0 Å². The third kappa shape index (κ3) is 1.88. The van der Waals surface area contributed by atoms with Crippen molar-refractivity contribution < 1.29 is 14.4 Å². The van der Waals surface area contributed by atoms with Crippen LogP contribution in [0.5, 0.6) is 0 Å². The van der Waals surface area contributed by atoms with Crippen molar-refractivity contribution in [2.24, 2.45) is 5.92 Å². The molecule has 13 heavy (non-hydrogen) atoms. The van der Waals surface area contributed by atoms with E-state index >= 15 is 0 Å². The minimum Gasteiger partial charge on any atom is -0.481 e. The Bertz CT molecular complexity index is 304. The summed E-state index contributed by atoms with van der Waals surface area (Å²) in [4.78, 5) is 10.9. The molecule has 72 valence electrons. The van der Waals surface area contributed by atoms with Gasteiger partial charge in [-0.05, 0) is 12.8 Å². The Balaban J connectivity index is 3.02. The fraction of sp³-hybridized carbons (Fsp3) is 0.556. The molecular formula is C9H13NO3. The Hall–Kier alpha value is -1.32. The molecule has 1 atom stereocenters. The molecular weight excluding hydrogens is 170 g/mol. The third-order valence-electron chi connectivity index (χ3n) is 2.00. The highest BCUT2D eigenvalue weighted by Gasteiger charge is 2.28. The molecule has 0 bridgehead atoms. The molecule has 0 aliphatic carbocycles. The number of aliphatic carboxylic acids is 1. The molecule has 0 radical (unpaired) electrons. The maximum Gasteiger partial charge on any atom is 0.314 e. The molecule has 1 aromatic rings. The minimum atomic E-state index is -0.866. The van der Waals surface area contributed by atoms with Crippen LogP contribution in [0.1, 0.15) is 31.1 Å². The predicted molar refractivity (Wildman–Crippen MR) is 46.5 cm³/mol. The number of aromatic nitrogens is 1. The number of rotatable bonds is 3. The number of hydrogen-bond donors (Lipinski definition) is 1. The highest BCUT2D eigenvalue weighted by Crippen LogP contribution is 2.26. The fourth-order valence-electron chi connectivity index (χ4n) is 1.30. The number of carbonyl (C=O) groups is 1. The van der Waals surface area contributed by atoms with Crippen molar-refractivity contribution in [3.05, 3.63) is 17.5 Å². The number of carboxylic acid groups (broad SMARTS) is 1. The lowest BCUT2D eigenvalue weighted by Crippen LogP contribution is -2.17. The van der Waals surface area contributed by atoms with E-state index in [1.165, 1.54) is 6.20 Å². The maximum absolute atomic E-state index is 10.9. The van der Waals surface area contributed by atoms with Gasteiger partial charge in [0.1, 0.15) is 5.92 Å². The van der Waals surface area contributed by atoms with Crippen molar-refractivity contribution in [1.82, 2.24) is 5.16 Å². The monoisotopic (exact) mass is 183 g/mol. The molecule has 4 heteroatoms. The fourth-order valence-corrected chi connectivity index (χ4v) is 1.30. The second-order valence-corrected chi connectivity index (χ2v) is 3.43. The van der Waals surface area contributed by atoms with Gasteiger partial charge in [0.05, 0.1) is 6.20 Å². The van der Waals surface area contributed by atoms with Crippen molar-refractivity contribution in [2.45, 2.75) is 26.7 Å². The standard InChI is InChI=1S/C9H13NO3/c1-5(2)7(9(11)12)8-6(3)4-10-13-8/h4-5,7H,1-3H3,(H,11,12). The van der Waals surface area contributed by atoms with Crippen molar-refractivity contribution in [2.75, 3.05) is 0 Å². The van der Waals surface area contributed by atoms with Crippen LogP contribution in [-0.2, 0) is 4.79 Å². The zero-order valence-electron chi connectivity index (χ0n) is 7.94. The van der Waals surface area contributed by atoms with Crippen molar-refractivity contribution in [3.8, 4) is 0 Å². The lowest BCUT2D eigenvalue weighted by Gasteiger charge is -2.12. The van der Waals surface area contributed by atoms with Crippen molar-refractivity contribution in [3.63, 3.8) is 0 Å². The topological polar surface area (TPSA) is 63.3 Å². The lowest BCUT2D eigenvalue weighted by molar-refractivity contribution is -0.140. The van der Waals surface area contributed by atoms with E-state index in [-0.39, 0.29) is 5.92 Å². The van der Waals surface area contributed by atoms with Gasteiger partial charge in [0.2, 0.25) is 0 Å². The molecule has 1 aromatic heterocycles. The summed E-state index contributed by atoms with van der Waals surface area (Å²) < 4.78 is 4.92. The summed E-state index contributed by atoms with van der Waals surface area (Å²) in [5.41, 5.74) is 0.793. The Labute approximate surface area is 76.5 Å². The summed E-state index contributed by atoms with van der Waals surface area (Å²) in [5.74, 6) is -0.996. The molecule has 1 rings (SSSR count). The van der Waals surface area contributed by atoms with Gasteiger partial charge in [0.25, 0.3) is 0 Å². The van der Waals surface area contributed by atoms with Gasteiger partial charge in [-0.1, -0.05) is 19.0 Å². The number of hydrogen-bond acceptors (Lipinski definition) is 3. The minimum absolute atomic E-state index is 0.00384. The first-order valence-corrected chi connectivity index (χ1v) is 4.18. The highest BCUT2D eigenvalue weighted by molar-refractivity contribution is 5.75. The Kier molecular flexibility index (Phi) is 2.70. The molecule has 0 aliphatic rings. The molecule has 0 aliphatic heterocycles. The normalized spacial score (nSPS) is 13.2. The molecule has 1 N–H and O–H groups in total. The molecule has 1 unspecified atom stereocenters. The van der Waals surface area contributed by atoms with Crippen LogP contribution in [-0.4, -0.2) is 16.2 Å². The number of nitrogens with zero attached hydrogens (tertiary/aromatic N) is 1. The van der Waals surface area contributed by atoms with E-state index in [4.69, 9.17) is 9.63 Å². The average Bonchev–Trinajstić information content (AvgIpc) is 2.35. The van der Waals surface area contributed by atoms with Crippen LogP contribution in [0, 0.1) is 12.8 Å². The van der Waals surface area contributed by atoms with Crippen LogP contribution < -0.4 is 0 Å². The van der Waals surface area contributed by atoms with Gasteiger partial charge in [0, 0.05) is 5.56 Å². The van der Waals surface area contributed by atoms with Crippen LogP contribution in [0.3, 0.4) is 0 Å². The van der Waals surface area contributed by atoms with E-state index in [0.29, 0.717) is 5.76 Å². The first kappa shape index (κ1) is 9.77. The van der Waals surface area contributed by atoms with E-state index in [9.17, 15) is 4.79 Å². The molecule has 0 saturated carbocycles. The highest BCUT2D eigenvalue weighted by atomic mass is 16.5. The first-order chi connectivity index (χ1) is 6.04.